The maximum atomic E-state index is 12.9. The summed E-state index contributed by atoms with van der Waals surface area (Å²) in [6, 6.07) is 12.2. The standard InChI is InChI=1S/C21H23FN2O2/c1-14-9-15(2)11-19(10-14)24-13-17(12-20(24)25)21(26)23-8-7-16-3-5-18(22)6-4-16/h3-6,9-11,17H,7-8,12-13H2,1-2H3,(H,23,26). The van der Waals surface area contributed by atoms with Crippen molar-refractivity contribution in [2.75, 3.05) is 18.0 Å². The highest BCUT2D eigenvalue weighted by Crippen LogP contribution is 2.27. The SMILES string of the molecule is Cc1cc(C)cc(N2CC(C(=O)NCCc3ccc(F)cc3)CC2=O)c1. The predicted molar refractivity (Wildman–Crippen MR) is 99.5 cm³/mol. The Hall–Kier alpha value is -2.69. The molecule has 1 aliphatic rings. The molecule has 0 saturated carbocycles. The van der Waals surface area contributed by atoms with Gasteiger partial charge in [0.25, 0.3) is 0 Å². The minimum Gasteiger partial charge on any atom is -0.355 e. The van der Waals surface area contributed by atoms with E-state index in [2.05, 4.69) is 11.4 Å². The summed E-state index contributed by atoms with van der Waals surface area (Å²) >= 11 is 0. The van der Waals surface area contributed by atoms with Crippen molar-refractivity contribution in [1.82, 2.24) is 5.32 Å². The van der Waals surface area contributed by atoms with Crippen LogP contribution in [0, 0.1) is 25.6 Å². The van der Waals surface area contributed by atoms with Crippen LogP contribution in [0.15, 0.2) is 42.5 Å². The Bertz CT molecular complexity index is 797. The van der Waals surface area contributed by atoms with Crippen molar-refractivity contribution < 1.29 is 14.0 Å². The predicted octanol–water partition coefficient (Wildman–Crippen LogP) is 3.15. The van der Waals surface area contributed by atoms with E-state index in [-0.39, 0.29) is 30.0 Å². The van der Waals surface area contributed by atoms with Crippen molar-refractivity contribution in [3.8, 4) is 0 Å². The number of carbonyl (C=O) groups is 2. The fraction of sp³-hybridized carbons (Fsp3) is 0.333. The van der Waals surface area contributed by atoms with Crippen LogP contribution in [0.4, 0.5) is 10.1 Å². The summed E-state index contributed by atoms with van der Waals surface area (Å²) < 4.78 is 12.9. The van der Waals surface area contributed by atoms with Gasteiger partial charge in [0.2, 0.25) is 11.8 Å². The van der Waals surface area contributed by atoms with Crippen LogP contribution in [-0.2, 0) is 16.0 Å². The lowest BCUT2D eigenvalue weighted by Crippen LogP contribution is -2.34. The normalized spacial score (nSPS) is 16.8. The Balaban J connectivity index is 1.55. The third-order valence-electron chi connectivity index (χ3n) is 4.64. The van der Waals surface area contributed by atoms with E-state index in [1.165, 1.54) is 12.1 Å². The fourth-order valence-corrected chi connectivity index (χ4v) is 3.36. The van der Waals surface area contributed by atoms with E-state index in [0.29, 0.717) is 19.5 Å². The lowest BCUT2D eigenvalue weighted by atomic mass is 10.1. The molecule has 26 heavy (non-hydrogen) atoms. The van der Waals surface area contributed by atoms with E-state index in [1.807, 2.05) is 26.0 Å². The molecule has 2 amide bonds. The Morgan fingerprint density at radius 2 is 1.81 bits per heavy atom. The number of carbonyl (C=O) groups excluding carboxylic acids is 2. The van der Waals surface area contributed by atoms with Gasteiger partial charge in [-0.2, -0.15) is 0 Å². The first-order valence-electron chi connectivity index (χ1n) is 8.83. The summed E-state index contributed by atoms with van der Waals surface area (Å²) in [6.45, 7) is 4.87. The number of amides is 2. The average Bonchev–Trinajstić information content (AvgIpc) is 2.98. The molecule has 2 aromatic carbocycles. The maximum Gasteiger partial charge on any atom is 0.227 e. The second-order valence-corrected chi connectivity index (χ2v) is 6.92. The zero-order valence-corrected chi connectivity index (χ0v) is 15.1. The minimum absolute atomic E-state index is 0.0197. The zero-order valence-electron chi connectivity index (χ0n) is 15.1. The molecule has 1 atom stereocenters. The number of benzene rings is 2. The molecule has 1 aliphatic heterocycles. The van der Waals surface area contributed by atoms with Gasteiger partial charge in [0.15, 0.2) is 0 Å². The van der Waals surface area contributed by atoms with E-state index in [0.717, 1.165) is 22.4 Å². The third-order valence-corrected chi connectivity index (χ3v) is 4.64. The van der Waals surface area contributed by atoms with Crippen molar-refractivity contribution in [3.05, 3.63) is 65.0 Å². The summed E-state index contributed by atoms with van der Waals surface area (Å²) in [5.74, 6) is -0.730. The van der Waals surface area contributed by atoms with Crippen molar-refractivity contribution in [3.63, 3.8) is 0 Å². The molecule has 4 nitrogen and oxygen atoms in total. The van der Waals surface area contributed by atoms with Crippen molar-refractivity contribution >= 4 is 17.5 Å². The Kier molecular flexibility index (Phi) is 5.35. The molecule has 1 unspecified atom stereocenters. The quantitative estimate of drug-likeness (QED) is 0.897. The molecule has 0 aliphatic carbocycles. The van der Waals surface area contributed by atoms with Gasteiger partial charge in [-0.3, -0.25) is 9.59 Å². The molecule has 1 fully saturated rings. The summed E-state index contributed by atoms with van der Waals surface area (Å²) in [5, 5.41) is 2.89. The number of anilines is 1. The van der Waals surface area contributed by atoms with Crippen LogP contribution in [0.3, 0.4) is 0 Å². The molecule has 0 aromatic heterocycles. The number of hydrogen-bond acceptors (Lipinski definition) is 2. The lowest BCUT2D eigenvalue weighted by molar-refractivity contribution is -0.126. The Morgan fingerprint density at radius 1 is 1.15 bits per heavy atom. The third kappa shape index (κ3) is 4.28. The number of halogens is 1. The van der Waals surface area contributed by atoms with Crippen LogP contribution in [0.1, 0.15) is 23.1 Å². The van der Waals surface area contributed by atoms with Gasteiger partial charge in [0.1, 0.15) is 5.82 Å². The van der Waals surface area contributed by atoms with Gasteiger partial charge in [-0.05, 0) is 61.2 Å². The zero-order chi connectivity index (χ0) is 18.7. The van der Waals surface area contributed by atoms with Crippen molar-refractivity contribution in [2.24, 2.45) is 5.92 Å². The first kappa shape index (κ1) is 18.1. The number of rotatable bonds is 5. The fourth-order valence-electron chi connectivity index (χ4n) is 3.36. The Labute approximate surface area is 153 Å². The summed E-state index contributed by atoms with van der Waals surface area (Å²) in [4.78, 5) is 26.4. The highest BCUT2D eigenvalue weighted by atomic mass is 19.1. The Morgan fingerprint density at radius 3 is 2.46 bits per heavy atom. The van der Waals surface area contributed by atoms with E-state index in [9.17, 15) is 14.0 Å². The molecule has 136 valence electrons. The van der Waals surface area contributed by atoms with E-state index >= 15 is 0 Å². The average molecular weight is 354 g/mol. The molecule has 0 spiro atoms. The smallest absolute Gasteiger partial charge is 0.227 e. The van der Waals surface area contributed by atoms with Crippen molar-refractivity contribution in [1.29, 1.82) is 0 Å². The van der Waals surface area contributed by atoms with E-state index in [4.69, 9.17) is 0 Å². The minimum atomic E-state index is -0.337. The highest BCUT2D eigenvalue weighted by molar-refractivity contribution is 6.00. The maximum absolute atomic E-state index is 12.9. The number of nitrogens with one attached hydrogen (secondary N) is 1. The van der Waals surface area contributed by atoms with Crippen LogP contribution in [-0.4, -0.2) is 24.9 Å². The first-order chi connectivity index (χ1) is 12.4. The molecule has 1 saturated heterocycles. The van der Waals surface area contributed by atoms with Crippen LogP contribution in [0.2, 0.25) is 0 Å². The monoisotopic (exact) mass is 354 g/mol. The van der Waals surface area contributed by atoms with Gasteiger partial charge in [-0.25, -0.2) is 4.39 Å². The molecule has 0 bridgehead atoms. The van der Waals surface area contributed by atoms with Crippen LogP contribution in [0.25, 0.3) is 0 Å². The molecule has 0 radical (unpaired) electrons. The number of nitrogens with zero attached hydrogens (tertiary/aromatic N) is 1. The van der Waals surface area contributed by atoms with Crippen LogP contribution >= 0.6 is 0 Å². The highest BCUT2D eigenvalue weighted by Gasteiger charge is 2.35. The topological polar surface area (TPSA) is 49.4 Å². The largest absolute Gasteiger partial charge is 0.355 e. The second-order valence-electron chi connectivity index (χ2n) is 6.92. The molecular formula is C21H23FN2O2. The van der Waals surface area contributed by atoms with Gasteiger partial charge < -0.3 is 10.2 Å². The van der Waals surface area contributed by atoms with Gasteiger partial charge in [-0.15, -0.1) is 0 Å². The summed E-state index contributed by atoms with van der Waals surface area (Å²) in [7, 11) is 0. The van der Waals surface area contributed by atoms with Gasteiger partial charge in [0, 0.05) is 25.2 Å². The van der Waals surface area contributed by atoms with Gasteiger partial charge in [0.05, 0.1) is 5.92 Å². The molecule has 5 heteroatoms. The molecule has 1 N–H and O–H groups in total. The molecule has 2 aromatic rings. The molecule has 3 rings (SSSR count). The second kappa shape index (κ2) is 7.68. The van der Waals surface area contributed by atoms with Crippen LogP contribution in [0.5, 0.6) is 0 Å². The van der Waals surface area contributed by atoms with E-state index in [1.54, 1.807) is 17.0 Å². The van der Waals surface area contributed by atoms with Gasteiger partial charge in [-0.1, -0.05) is 18.2 Å². The number of hydrogen-bond donors (Lipinski definition) is 1. The summed E-state index contributed by atoms with van der Waals surface area (Å²) in [6.07, 6.45) is 0.864. The lowest BCUT2D eigenvalue weighted by Gasteiger charge is -2.18. The summed E-state index contributed by atoms with van der Waals surface area (Å²) in [5.41, 5.74) is 4.01. The van der Waals surface area contributed by atoms with Crippen LogP contribution < -0.4 is 10.2 Å². The molecule has 1 heterocycles. The van der Waals surface area contributed by atoms with E-state index < -0.39 is 0 Å². The van der Waals surface area contributed by atoms with Crippen molar-refractivity contribution in [2.45, 2.75) is 26.7 Å². The first-order valence-corrected chi connectivity index (χ1v) is 8.83. The molecular weight excluding hydrogens is 331 g/mol. The number of aryl methyl sites for hydroxylation is 2. The van der Waals surface area contributed by atoms with Gasteiger partial charge >= 0.3 is 0 Å².